The lowest BCUT2D eigenvalue weighted by Crippen LogP contribution is -2.35. The highest BCUT2D eigenvalue weighted by atomic mass is 32.2. The van der Waals surface area contributed by atoms with Gasteiger partial charge in [0.25, 0.3) is 0 Å². The van der Waals surface area contributed by atoms with Crippen molar-refractivity contribution in [3.05, 3.63) is 18.0 Å². The fraction of sp³-hybridized carbons (Fsp3) is 0.769. The molecule has 1 saturated carbocycles. The van der Waals surface area contributed by atoms with E-state index in [1.54, 1.807) is 0 Å². The molecule has 1 heterocycles. The monoisotopic (exact) mass is 253 g/mol. The summed E-state index contributed by atoms with van der Waals surface area (Å²) in [5.74, 6) is 0. The second kappa shape index (κ2) is 6.45. The average molecular weight is 253 g/mol. The Kier molecular flexibility index (Phi) is 4.92. The standard InChI is InChI=1S/C13H23N3S/c1-16-10-11(9-15-16)7-8-14-12-3-5-13(17-2)6-4-12/h9-10,12-14H,3-8H2,1-2H3. The van der Waals surface area contributed by atoms with Crippen molar-refractivity contribution in [2.24, 2.45) is 7.05 Å². The predicted octanol–water partition coefficient (Wildman–Crippen LogP) is 2.23. The minimum absolute atomic E-state index is 0.745. The van der Waals surface area contributed by atoms with Gasteiger partial charge < -0.3 is 5.32 Å². The summed E-state index contributed by atoms with van der Waals surface area (Å²) in [5, 5.41) is 8.78. The van der Waals surface area contributed by atoms with Gasteiger partial charge in [-0.3, -0.25) is 4.68 Å². The van der Waals surface area contributed by atoms with E-state index < -0.39 is 0 Å². The second-order valence-corrected chi connectivity index (χ2v) is 6.07. The van der Waals surface area contributed by atoms with Gasteiger partial charge in [-0.2, -0.15) is 16.9 Å². The van der Waals surface area contributed by atoms with E-state index in [-0.39, 0.29) is 0 Å². The first-order valence-corrected chi connectivity index (χ1v) is 7.80. The fourth-order valence-corrected chi connectivity index (χ4v) is 3.27. The molecule has 1 aliphatic rings. The number of rotatable bonds is 5. The molecule has 0 unspecified atom stereocenters. The number of aromatic nitrogens is 2. The van der Waals surface area contributed by atoms with Crippen molar-refractivity contribution < 1.29 is 0 Å². The van der Waals surface area contributed by atoms with Crippen molar-refractivity contribution in [3.63, 3.8) is 0 Å². The van der Waals surface area contributed by atoms with Crippen LogP contribution in [0.3, 0.4) is 0 Å². The highest BCUT2D eigenvalue weighted by molar-refractivity contribution is 7.99. The van der Waals surface area contributed by atoms with Gasteiger partial charge in [-0.25, -0.2) is 0 Å². The maximum Gasteiger partial charge on any atom is 0.0522 e. The number of hydrogen-bond donors (Lipinski definition) is 1. The fourth-order valence-electron chi connectivity index (χ4n) is 2.52. The smallest absolute Gasteiger partial charge is 0.0522 e. The van der Waals surface area contributed by atoms with Gasteiger partial charge in [-0.05, 0) is 50.5 Å². The first-order chi connectivity index (χ1) is 8.28. The van der Waals surface area contributed by atoms with Crippen LogP contribution in [0.1, 0.15) is 31.2 Å². The minimum Gasteiger partial charge on any atom is -0.314 e. The maximum absolute atomic E-state index is 4.19. The molecular formula is C13H23N3S. The van der Waals surface area contributed by atoms with Crippen LogP contribution in [0, 0.1) is 0 Å². The first-order valence-electron chi connectivity index (χ1n) is 6.51. The van der Waals surface area contributed by atoms with E-state index in [4.69, 9.17) is 0 Å². The second-order valence-electron chi connectivity index (χ2n) is 4.94. The molecule has 2 rings (SSSR count). The molecule has 0 saturated heterocycles. The number of hydrogen-bond acceptors (Lipinski definition) is 3. The largest absolute Gasteiger partial charge is 0.314 e. The summed E-state index contributed by atoms with van der Waals surface area (Å²) in [7, 11) is 1.97. The van der Waals surface area contributed by atoms with Crippen LogP contribution < -0.4 is 5.32 Å². The zero-order chi connectivity index (χ0) is 12.1. The molecule has 96 valence electrons. The third-order valence-corrected chi connectivity index (χ3v) is 4.75. The van der Waals surface area contributed by atoms with E-state index in [9.17, 15) is 0 Å². The molecule has 0 aliphatic heterocycles. The highest BCUT2D eigenvalue weighted by Crippen LogP contribution is 2.26. The lowest BCUT2D eigenvalue weighted by molar-refractivity contribution is 0.382. The van der Waals surface area contributed by atoms with Gasteiger partial charge in [0.15, 0.2) is 0 Å². The summed E-state index contributed by atoms with van der Waals surface area (Å²) in [6.45, 7) is 1.08. The normalized spacial score (nSPS) is 25.1. The van der Waals surface area contributed by atoms with Crippen LogP contribution in [0.4, 0.5) is 0 Å². The average Bonchev–Trinajstić information content (AvgIpc) is 2.76. The Morgan fingerprint density at radius 3 is 2.76 bits per heavy atom. The van der Waals surface area contributed by atoms with Crippen molar-refractivity contribution in [1.82, 2.24) is 15.1 Å². The molecule has 0 amide bonds. The Hall–Kier alpha value is -0.480. The van der Waals surface area contributed by atoms with Gasteiger partial charge in [-0.1, -0.05) is 0 Å². The van der Waals surface area contributed by atoms with E-state index in [1.807, 2.05) is 29.7 Å². The van der Waals surface area contributed by atoms with Gasteiger partial charge in [0.05, 0.1) is 6.20 Å². The van der Waals surface area contributed by atoms with Crippen LogP contribution in [0.2, 0.25) is 0 Å². The van der Waals surface area contributed by atoms with Crippen LogP contribution in [0.5, 0.6) is 0 Å². The Balaban J connectivity index is 1.63. The van der Waals surface area contributed by atoms with Gasteiger partial charge in [0.2, 0.25) is 0 Å². The summed E-state index contributed by atoms with van der Waals surface area (Å²) in [4.78, 5) is 0. The topological polar surface area (TPSA) is 29.9 Å². The van der Waals surface area contributed by atoms with E-state index in [0.29, 0.717) is 0 Å². The lowest BCUT2D eigenvalue weighted by atomic mass is 9.95. The molecule has 1 N–H and O–H groups in total. The summed E-state index contributed by atoms with van der Waals surface area (Å²) in [6, 6.07) is 0.745. The lowest BCUT2D eigenvalue weighted by Gasteiger charge is -2.28. The zero-order valence-corrected chi connectivity index (χ0v) is 11.7. The molecule has 1 aromatic heterocycles. The van der Waals surface area contributed by atoms with Gasteiger partial charge in [0.1, 0.15) is 0 Å². The summed E-state index contributed by atoms with van der Waals surface area (Å²) >= 11 is 2.03. The van der Waals surface area contributed by atoms with Crippen molar-refractivity contribution >= 4 is 11.8 Å². The first kappa shape index (κ1) is 13.0. The van der Waals surface area contributed by atoms with Gasteiger partial charge in [0, 0.05) is 24.5 Å². The number of nitrogens with one attached hydrogen (secondary N) is 1. The molecule has 3 nitrogen and oxygen atoms in total. The van der Waals surface area contributed by atoms with Gasteiger partial charge in [-0.15, -0.1) is 0 Å². The van der Waals surface area contributed by atoms with Crippen molar-refractivity contribution in [3.8, 4) is 0 Å². The predicted molar refractivity (Wildman–Crippen MR) is 74.5 cm³/mol. The molecular weight excluding hydrogens is 230 g/mol. The Bertz CT molecular complexity index is 329. The zero-order valence-electron chi connectivity index (χ0n) is 10.9. The molecule has 0 aromatic carbocycles. The van der Waals surface area contributed by atoms with Crippen molar-refractivity contribution in [2.75, 3.05) is 12.8 Å². The maximum atomic E-state index is 4.19. The number of aryl methyl sites for hydroxylation is 1. The van der Waals surface area contributed by atoms with Crippen LogP contribution in [-0.2, 0) is 13.5 Å². The van der Waals surface area contributed by atoms with Crippen LogP contribution in [0.15, 0.2) is 12.4 Å². The number of nitrogens with zero attached hydrogens (tertiary/aromatic N) is 2. The molecule has 1 aromatic rings. The van der Waals surface area contributed by atoms with Gasteiger partial charge >= 0.3 is 0 Å². The van der Waals surface area contributed by atoms with E-state index in [2.05, 4.69) is 22.9 Å². The summed E-state index contributed by atoms with van der Waals surface area (Å²) in [6.07, 6.45) is 12.9. The highest BCUT2D eigenvalue weighted by Gasteiger charge is 2.19. The molecule has 1 fully saturated rings. The Labute approximate surface area is 108 Å². The SMILES string of the molecule is CSC1CCC(NCCc2cnn(C)c2)CC1. The van der Waals surface area contributed by atoms with Crippen molar-refractivity contribution in [2.45, 2.75) is 43.4 Å². The number of thioether (sulfide) groups is 1. The molecule has 0 bridgehead atoms. The van der Waals surface area contributed by atoms with Crippen molar-refractivity contribution in [1.29, 1.82) is 0 Å². The summed E-state index contributed by atoms with van der Waals surface area (Å²) < 4.78 is 1.87. The third-order valence-electron chi connectivity index (χ3n) is 3.61. The Morgan fingerprint density at radius 1 is 1.41 bits per heavy atom. The molecule has 1 aliphatic carbocycles. The molecule has 4 heteroatoms. The molecule has 17 heavy (non-hydrogen) atoms. The molecule has 0 spiro atoms. The summed E-state index contributed by atoms with van der Waals surface area (Å²) in [5.41, 5.74) is 1.33. The molecule has 0 atom stereocenters. The molecule has 0 radical (unpaired) electrons. The van der Waals surface area contributed by atoms with Crippen LogP contribution in [0.25, 0.3) is 0 Å². The van der Waals surface area contributed by atoms with E-state index in [0.717, 1.165) is 24.3 Å². The van der Waals surface area contributed by atoms with Crippen LogP contribution >= 0.6 is 11.8 Å². The van der Waals surface area contributed by atoms with Crippen LogP contribution in [-0.4, -0.2) is 33.9 Å². The Morgan fingerprint density at radius 2 is 2.18 bits per heavy atom. The minimum atomic E-state index is 0.745. The van der Waals surface area contributed by atoms with E-state index >= 15 is 0 Å². The van der Waals surface area contributed by atoms with E-state index in [1.165, 1.54) is 31.2 Å². The third kappa shape index (κ3) is 4.03. The quantitative estimate of drug-likeness (QED) is 0.872.